The average Bonchev–Trinajstić information content (AvgIpc) is 3.67. The zero-order valence-electron chi connectivity index (χ0n) is 29.0. The third-order valence-electron chi connectivity index (χ3n) is 10.7. The molecule has 2 aromatic heterocycles. The van der Waals surface area contributed by atoms with Crippen LogP contribution in [0.5, 0.6) is 0 Å². The number of hydrogen-bond acceptors (Lipinski definition) is 3. The first-order chi connectivity index (χ1) is 25.5. The smallest absolute Gasteiger partial charge is 0.238 e. The maximum Gasteiger partial charge on any atom is 0.238 e. The van der Waals surface area contributed by atoms with Crippen LogP contribution in [-0.4, -0.2) is 19.5 Å². The van der Waals surface area contributed by atoms with Gasteiger partial charge in [-0.1, -0.05) is 166 Å². The fourth-order valence-corrected chi connectivity index (χ4v) is 8.11. The van der Waals surface area contributed by atoms with Crippen LogP contribution in [0.3, 0.4) is 0 Å². The van der Waals surface area contributed by atoms with E-state index in [9.17, 15) is 0 Å². The zero-order chi connectivity index (χ0) is 34.8. The van der Waals surface area contributed by atoms with Gasteiger partial charge in [-0.05, 0) is 57.1 Å². The lowest BCUT2D eigenvalue weighted by atomic mass is 9.81. The summed E-state index contributed by atoms with van der Waals surface area (Å²) in [7, 11) is 0. The molecule has 0 amide bonds. The second-order valence-corrected chi connectivity index (χ2v) is 14.1. The summed E-state index contributed by atoms with van der Waals surface area (Å²) in [5.74, 6) is 1.84. The van der Waals surface area contributed by atoms with Crippen LogP contribution in [0.15, 0.2) is 170 Å². The average molecular weight is 667 g/mol. The van der Waals surface area contributed by atoms with Gasteiger partial charge in [0.1, 0.15) is 0 Å². The molecule has 1 aliphatic carbocycles. The van der Waals surface area contributed by atoms with Crippen molar-refractivity contribution in [2.45, 2.75) is 19.3 Å². The molecular weight excluding hydrogens is 633 g/mol. The summed E-state index contributed by atoms with van der Waals surface area (Å²) in [4.78, 5) is 15.6. The molecule has 0 bridgehead atoms. The summed E-state index contributed by atoms with van der Waals surface area (Å²) in [6.07, 6.45) is 0. The Kier molecular flexibility index (Phi) is 6.80. The molecule has 10 rings (SSSR count). The molecule has 2 heterocycles. The lowest BCUT2D eigenvalue weighted by molar-refractivity contribution is 0.660. The third kappa shape index (κ3) is 4.72. The molecule has 0 radical (unpaired) electrons. The number of rotatable bonds is 5. The lowest BCUT2D eigenvalue weighted by Gasteiger charge is -2.22. The van der Waals surface area contributed by atoms with E-state index in [1.54, 1.807) is 0 Å². The van der Waals surface area contributed by atoms with Crippen LogP contribution in [0.4, 0.5) is 0 Å². The van der Waals surface area contributed by atoms with Gasteiger partial charge >= 0.3 is 0 Å². The second kappa shape index (κ2) is 11.7. The van der Waals surface area contributed by atoms with E-state index in [2.05, 4.69) is 164 Å². The topological polar surface area (TPSA) is 43.6 Å². The minimum absolute atomic E-state index is 0.107. The molecule has 0 unspecified atom stereocenters. The molecule has 4 heteroatoms. The molecule has 4 nitrogen and oxygen atoms in total. The minimum Gasteiger partial charge on any atom is -0.277 e. The molecule has 1 aliphatic rings. The summed E-state index contributed by atoms with van der Waals surface area (Å²) in [5.41, 5.74) is 13.8. The molecule has 0 spiro atoms. The van der Waals surface area contributed by atoms with E-state index in [1.807, 2.05) is 24.3 Å². The van der Waals surface area contributed by atoms with E-state index in [1.165, 1.54) is 27.8 Å². The first-order valence-corrected chi connectivity index (χ1v) is 17.8. The predicted molar refractivity (Wildman–Crippen MR) is 213 cm³/mol. The highest BCUT2D eigenvalue weighted by molar-refractivity contribution is 6.13. The molecule has 7 aromatic carbocycles. The zero-order valence-corrected chi connectivity index (χ0v) is 29.0. The molecule has 9 aromatic rings. The van der Waals surface area contributed by atoms with E-state index in [0.29, 0.717) is 17.6 Å². The van der Waals surface area contributed by atoms with Crippen LogP contribution in [0.1, 0.15) is 25.0 Å². The van der Waals surface area contributed by atoms with Crippen molar-refractivity contribution in [1.29, 1.82) is 0 Å². The molecule has 0 saturated heterocycles. The van der Waals surface area contributed by atoms with Gasteiger partial charge in [-0.3, -0.25) is 4.57 Å². The van der Waals surface area contributed by atoms with Gasteiger partial charge < -0.3 is 0 Å². The monoisotopic (exact) mass is 666 g/mol. The van der Waals surface area contributed by atoms with Gasteiger partial charge in [-0.25, -0.2) is 4.98 Å². The Morgan fingerprint density at radius 2 is 1.00 bits per heavy atom. The van der Waals surface area contributed by atoms with Gasteiger partial charge in [0.25, 0.3) is 0 Å². The molecule has 246 valence electrons. The standard InChI is InChI=1S/C48H34N4/c1-48(2)41-25-11-9-21-37(41)38-28-27-34(30-42(38)48)36-23-14-24-40-39-22-10-12-26-43(39)52(44(36)40)47-50-45(32-17-7-4-8-18-32)49-46(51-47)35-20-13-19-33(29-35)31-15-5-3-6-16-31/h3-30H,1-2H3. The van der Waals surface area contributed by atoms with Crippen molar-refractivity contribution in [1.82, 2.24) is 19.5 Å². The van der Waals surface area contributed by atoms with Gasteiger partial charge in [-0.2, -0.15) is 9.97 Å². The van der Waals surface area contributed by atoms with Crippen molar-refractivity contribution in [3.05, 3.63) is 181 Å². The third-order valence-corrected chi connectivity index (χ3v) is 10.7. The Bertz CT molecular complexity index is 2810. The van der Waals surface area contributed by atoms with Crippen LogP contribution in [-0.2, 0) is 5.41 Å². The Balaban J connectivity index is 1.23. The summed E-state index contributed by atoms with van der Waals surface area (Å²) >= 11 is 0. The van der Waals surface area contributed by atoms with Gasteiger partial charge in [0.05, 0.1) is 11.0 Å². The van der Waals surface area contributed by atoms with Crippen molar-refractivity contribution in [3.8, 4) is 62.1 Å². The maximum absolute atomic E-state index is 5.29. The molecule has 0 aliphatic heterocycles. The fraction of sp³-hybridized carbons (Fsp3) is 0.0625. The van der Waals surface area contributed by atoms with Crippen molar-refractivity contribution >= 4 is 21.8 Å². The minimum atomic E-state index is -0.107. The van der Waals surface area contributed by atoms with Gasteiger partial charge in [0.15, 0.2) is 11.6 Å². The predicted octanol–water partition coefficient (Wildman–Crippen LogP) is 11.9. The van der Waals surface area contributed by atoms with Crippen molar-refractivity contribution in [2.24, 2.45) is 0 Å². The molecule has 52 heavy (non-hydrogen) atoms. The first kappa shape index (κ1) is 30.2. The maximum atomic E-state index is 5.29. The largest absolute Gasteiger partial charge is 0.277 e. The Hall–Kier alpha value is -6.65. The highest BCUT2D eigenvalue weighted by Crippen LogP contribution is 2.50. The number of benzene rings is 7. The van der Waals surface area contributed by atoms with E-state index in [4.69, 9.17) is 15.0 Å². The van der Waals surface area contributed by atoms with Crippen LogP contribution in [0.2, 0.25) is 0 Å². The molecular formula is C48H34N4. The van der Waals surface area contributed by atoms with Crippen LogP contribution in [0, 0.1) is 0 Å². The lowest BCUT2D eigenvalue weighted by Crippen LogP contribution is -2.14. The van der Waals surface area contributed by atoms with E-state index in [0.717, 1.165) is 49.6 Å². The van der Waals surface area contributed by atoms with E-state index >= 15 is 0 Å². The first-order valence-electron chi connectivity index (χ1n) is 17.8. The Morgan fingerprint density at radius 1 is 0.404 bits per heavy atom. The van der Waals surface area contributed by atoms with Crippen molar-refractivity contribution in [3.63, 3.8) is 0 Å². The molecule has 0 N–H and O–H groups in total. The molecule has 0 fully saturated rings. The van der Waals surface area contributed by atoms with Crippen molar-refractivity contribution in [2.75, 3.05) is 0 Å². The Labute approximate surface area is 302 Å². The van der Waals surface area contributed by atoms with Crippen LogP contribution < -0.4 is 0 Å². The number of aromatic nitrogens is 4. The number of para-hydroxylation sites is 2. The van der Waals surface area contributed by atoms with Crippen LogP contribution >= 0.6 is 0 Å². The normalized spacial score (nSPS) is 13.0. The summed E-state index contributed by atoms with van der Waals surface area (Å²) in [6, 6.07) is 60.1. The number of fused-ring (bicyclic) bond motifs is 6. The summed E-state index contributed by atoms with van der Waals surface area (Å²) in [6.45, 7) is 4.67. The van der Waals surface area contributed by atoms with Gasteiger partial charge in [0, 0.05) is 32.9 Å². The summed E-state index contributed by atoms with van der Waals surface area (Å²) in [5, 5.41) is 2.31. The number of nitrogens with zero attached hydrogens (tertiary/aromatic N) is 4. The second-order valence-electron chi connectivity index (χ2n) is 14.1. The Morgan fingerprint density at radius 3 is 1.83 bits per heavy atom. The molecule has 0 atom stereocenters. The van der Waals surface area contributed by atoms with Gasteiger partial charge in [-0.15, -0.1) is 0 Å². The quantitative estimate of drug-likeness (QED) is 0.184. The number of hydrogen-bond donors (Lipinski definition) is 0. The highest BCUT2D eigenvalue weighted by atomic mass is 15.2. The summed E-state index contributed by atoms with van der Waals surface area (Å²) < 4.78 is 2.24. The van der Waals surface area contributed by atoms with Gasteiger partial charge in [0.2, 0.25) is 5.95 Å². The van der Waals surface area contributed by atoms with E-state index < -0.39 is 0 Å². The van der Waals surface area contributed by atoms with Crippen molar-refractivity contribution < 1.29 is 0 Å². The van der Waals surface area contributed by atoms with E-state index in [-0.39, 0.29) is 5.41 Å². The molecule has 0 saturated carbocycles. The SMILES string of the molecule is CC1(C)c2ccccc2-c2ccc(-c3cccc4c5ccccc5n(-c5nc(-c6ccccc6)nc(-c6cccc(-c7ccccc7)c6)n5)c34)cc21. The van der Waals surface area contributed by atoms with Crippen LogP contribution in [0.25, 0.3) is 83.9 Å². The fourth-order valence-electron chi connectivity index (χ4n) is 8.11. The highest BCUT2D eigenvalue weighted by Gasteiger charge is 2.35.